The third-order valence-corrected chi connectivity index (χ3v) is 6.16. The number of aryl methyl sites for hydroxylation is 1. The highest BCUT2D eigenvalue weighted by Crippen LogP contribution is 2.30. The molecule has 0 amide bonds. The Hall–Kier alpha value is -1.50. The molecule has 2 fully saturated rings. The van der Waals surface area contributed by atoms with Crippen LogP contribution >= 0.6 is 11.3 Å². The summed E-state index contributed by atoms with van der Waals surface area (Å²) >= 11 is 1.62. The fourth-order valence-electron chi connectivity index (χ4n) is 3.88. The molecule has 0 unspecified atom stereocenters. The Kier molecular flexibility index (Phi) is 5.29. The molecule has 2 saturated heterocycles. The molecule has 1 N–H and O–H groups in total. The minimum absolute atomic E-state index is 0.566. The van der Waals surface area contributed by atoms with Crippen LogP contribution in [0.25, 0.3) is 0 Å². The van der Waals surface area contributed by atoms with Gasteiger partial charge in [-0.3, -0.25) is 0 Å². The van der Waals surface area contributed by atoms with Crippen molar-refractivity contribution in [2.75, 3.05) is 31.6 Å². The summed E-state index contributed by atoms with van der Waals surface area (Å²) in [5.74, 6) is 1.47. The number of hydrogen-bond donors (Lipinski definition) is 1. The van der Waals surface area contributed by atoms with Crippen LogP contribution in [0.1, 0.15) is 43.0 Å². The number of ether oxygens (including phenoxy) is 1. The van der Waals surface area contributed by atoms with Gasteiger partial charge in [-0.15, -0.1) is 11.3 Å². The van der Waals surface area contributed by atoms with E-state index in [-0.39, 0.29) is 0 Å². The molecule has 6 heteroatoms. The van der Waals surface area contributed by atoms with Gasteiger partial charge in [-0.05, 0) is 57.8 Å². The molecule has 0 bridgehead atoms. The minimum atomic E-state index is 0.566. The smallest absolute Gasteiger partial charge is 0.188 e. The molecule has 25 heavy (non-hydrogen) atoms. The van der Waals surface area contributed by atoms with Crippen molar-refractivity contribution in [3.8, 4) is 0 Å². The van der Waals surface area contributed by atoms with E-state index in [1.165, 1.54) is 44.5 Å². The van der Waals surface area contributed by atoms with E-state index in [1.807, 2.05) is 13.0 Å². The first-order chi connectivity index (χ1) is 12.3. The molecule has 2 aliphatic heterocycles. The summed E-state index contributed by atoms with van der Waals surface area (Å²) in [4.78, 5) is 12.0. The lowest BCUT2D eigenvalue weighted by atomic mass is 9.91. The summed E-state index contributed by atoms with van der Waals surface area (Å²) in [5.41, 5.74) is 2.26. The molecule has 0 aromatic carbocycles. The van der Waals surface area contributed by atoms with Gasteiger partial charge in [-0.25, -0.2) is 9.97 Å². The predicted octanol–water partition coefficient (Wildman–Crippen LogP) is 3.95. The molecule has 0 atom stereocenters. The van der Waals surface area contributed by atoms with E-state index < -0.39 is 0 Å². The SMILES string of the molecule is Cc1csc(Nc2cccc(C3CCN(C4CCOCC4)CC3)n2)n1. The van der Waals surface area contributed by atoms with Crippen LogP contribution in [0.3, 0.4) is 0 Å². The van der Waals surface area contributed by atoms with Crippen molar-refractivity contribution >= 4 is 22.3 Å². The lowest BCUT2D eigenvalue weighted by Gasteiger charge is -2.39. The van der Waals surface area contributed by atoms with Crippen LogP contribution in [0.15, 0.2) is 23.6 Å². The topological polar surface area (TPSA) is 50.3 Å². The monoisotopic (exact) mass is 358 g/mol. The fourth-order valence-corrected chi connectivity index (χ4v) is 4.58. The van der Waals surface area contributed by atoms with E-state index in [1.54, 1.807) is 11.3 Å². The molecular weight excluding hydrogens is 332 g/mol. The van der Waals surface area contributed by atoms with E-state index in [0.29, 0.717) is 5.92 Å². The maximum Gasteiger partial charge on any atom is 0.188 e. The number of nitrogens with one attached hydrogen (secondary N) is 1. The first-order valence-corrected chi connectivity index (χ1v) is 10.1. The van der Waals surface area contributed by atoms with Crippen molar-refractivity contribution in [2.45, 2.75) is 44.6 Å². The van der Waals surface area contributed by atoms with Gasteiger partial charge in [0.05, 0.1) is 5.69 Å². The van der Waals surface area contributed by atoms with Gasteiger partial charge in [-0.1, -0.05) is 6.07 Å². The Morgan fingerprint density at radius 1 is 1.12 bits per heavy atom. The molecule has 0 radical (unpaired) electrons. The highest BCUT2D eigenvalue weighted by Gasteiger charge is 2.27. The highest BCUT2D eigenvalue weighted by molar-refractivity contribution is 7.13. The number of aromatic nitrogens is 2. The quantitative estimate of drug-likeness (QED) is 0.897. The fraction of sp³-hybridized carbons (Fsp3) is 0.579. The van der Waals surface area contributed by atoms with E-state index >= 15 is 0 Å². The molecule has 0 spiro atoms. The van der Waals surface area contributed by atoms with Crippen LogP contribution in [0.5, 0.6) is 0 Å². The Morgan fingerprint density at radius 2 is 1.92 bits per heavy atom. The van der Waals surface area contributed by atoms with Crippen molar-refractivity contribution < 1.29 is 4.74 Å². The van der Waals surface area contributed by atoms with E-state index in [9.17, 15) is 0 Å². The van der Waals surface area contributed by atoms with Crippen molar-refractivity contribution in [2.24, 2.45) is 0 Å². The Balaban J connectivity index is 1.37. The summed E-state index contributed by atoms with van der Waals surface area (Å²) in [6.07, 6.45) is 4.78. The standard InChI is InChI=1S/C19H26N4OS/c1-14-13-25-19(20-14)22-18-4-2-3-17(21-18)15-5-9-23(10-6-15)16-7-11-24-12-8-16/h2-4,13,15-16H,5-12H2,1H3,(H,20,21,22). The van der Waals surface area contributed by atoms with E-state index in [2.05, 4.69) is 32.7 Å². The van der Waals surface area contributed by atoms with Crippen LogP contribution < -0.4 is 5.32 Å². The molecular formula is C19H26N4OS. The highest BCUT2D eigenvalue weighted by atomic mass is 32.1. The second kappa shape index (κ2) is 7.81. The molecule has 4 rings (SSSR count). The number of hydrogen-bond acceptors (Lipinski definition) is 6. The first-order valence-electron chi connectivity index (χ1n) is 9.26. The van der Waals surface area contributed by atoms with Gasteiger partial charge in [0.25, 0.3) is 0 Å². The van der Waals surface area contributed by atoms with Crippen molar-refractivity contribution in [3.05, 3.63) is 35.0 Å². The molecule has 0 aliphatic carbocycles. The van der Waals surface area contributed by atoms with E-state index in [0.717, 1.165) is 35.9 Å². The number of rotatable bonds is 4. The average Bonchev–Trinajstić information content (AvgIpc) is 3.07. The zero-order valence-electron chi connectivity index (χ0n) is 14.8. The Morgan fingerprint density at radius 3 is 2.64 bits per heavy atom. The maximum absolute atomic E-state index is 5.50. The molecule has 4 heterocycles. The summed E-state index contributed by atoms with van der Waals surface area (Å²) in [6.45, 7) is 6.23. The van der Waals surface area contributed by atoms with Crippen LogP contribution in [0.4, 0.5) is 10.9 Å². The van der Waals surface area contributed by atoms with Crippen molar-refractivity contribution in [1.82, 2.24) is 14.9 Å². The third-order valence-electron chi connectivity index (χ3n) is 5.28. The lowest BCUT2D eigenvalue weighted by Crippen LogP contribution is -2.43. The number of piperidine rings is 1. The van der Waals surface area contributed by atoms with Crippen molar-refractivity contribution in [1.29, 1.82) is 0 Å². The first kappa shape index (κ1) is 16.9. The van der Waals surface area contributed by atoms with E-state index in [4.69, 9.17) is 9.72 Å². The lowest BCUT2D eigenvalue weighted by molar-refractivity contribution is 0.0250. The molecule has 0 saturated carbocycles. The van der Waals surface area contributed by atoms with Crippen molar-refractivity contribution in [3.63, 3.8) is 0 Å². The van der Waals surface area contributed by atoms with Crippen LogP contribution in [0, 0.1) is 6.92 Å². The van der Waals surface area contributed by atoms with Crippen LogP contribution in [0.2, 0.25) is 0 Å². The van der Waals surface area contributed by atoms with Gasteiger partial charge in [-0.2, -0.15) is 0 Å². The average molecular weight is 359 g/mol. The normalized spacial score (nSPS) is 20.7. The molecule has 5 nitrogen and oxygen atoms in total. The molecule has 134 valence electrons. The van der Waals surface area contributed by atoms with Gasteiger partial charge < -0.3 is 15.0 Å². The summed E-state index contributed by atoms with van der Waals surface area (Å²) in [6, 6.07) is 7.03. The van der Waals surface area contributed by atoms with Gasteiger partial charge in [0.1, 0.15) is 5.82 Å². The number of thiazole rings is 1. The maximum atomic E-state index is 5.50. The zero-order valence-corrected chi connectivity index (χ0v) is 15.6. The largest absolute Gasteiger partial charge is 0.381 e. The molecule has 2 aromatic heterocycles. The van der Waals surface area contributed by atoms with Crippen LogP contribution in [-0.4, -0.2) is 47.2 Å². The van der Waals surface area contributed by atoms with Gasteiger partial charge >= 0.3 is 0 Å². The van der Waals surface area contributed by atoms with Gasteiger partial charge in [0.2, 0.25) is 0 Å². The summed E-state index contributed by atoms with van der Waals surface area (Å²) in [5, 5.41) is 6.30. The molecule has 2 aliphatic rings. The van der Waals surface area contributed by atoms with Crippen LogP contribution in [-0.2, 0) is 4.74 Å². The minimum Gasteiger partial charge on any atom is -0.381 e. The predicted molar refractivity (Wildman–Crippen MR) is 102 cm³/mol. The summed E-state index contributed by atoms with van der Waals surface area (Å²) < 4.78 is 5.50. The van der Waals surface area contributed by atoms with Gasteiger partial charge in [0.15, 0.2) is 5.13 Å². The Bertz CT molecular complexity index is 690. The number of anilines is 2. The number of likely N-dealkylation sites (tertiary alicyclic amines) is 1. The zero-order chi connectivity index (χ0) is 17.1. The second-order valence-electron chi connectivity index (χ2n) is 7.02. The third kappa shape index (κ3) is 4.19. The molecule has 2 aromatic rings. The van der Waals surface area contributed by atoms with Gasteiger partial charge in [0, 0.05) is 36.2 Å². The Labute approximate surface area is 153 Å². The number of nitrogens with zero attached hydrogens (tertiary/aromatic N) is 3. The summed E-state index contributed by atoms with van der Waals surface area (Å²) in [7, 11) is 0. The second-order valence-corrected chi connectivity index (χ2v) is 7.88. The number of pyridine rings is 1.